The minimum absolute atomic E-state index is 0.00353. The van der Waals surface area contributed by atoms with Gasteiger partial charge in [-0.05, 0) is 87.6 Å². The van der Waals surface area contributed by atoms with Crippen molar-refractivity contribution in [1.82, 2.24) is 0 Å². The minimum Gasteiger partial charge on any atom is -0.458 e. The quantitative estimate of drug-likeness (QED) is 0.0230. The van der Waals surface area contributed by atoms with Crippen LogP contribution in [0.15, 0.2) is 182 Å². The van der Waals surface area contributed by atoms with E-state index < -0.39 is 25.0 Å². The minimum atomic E-state index is -2.86. The first-order valence-electron chi connectivity index (χ1n) is 25.5. The Morgan fingerprint density at radius 3 is 1.43 bits per heavy atom. The molecular weight excluding hydrogens is 909 g/mol. The summed E-state index contributed by atoms with van der Waals surface area (Å²) in [7, 11) is -7.80. The number of benzene rings is 4. The van der Waals surface area contributed by atoms with Crippen LogP contribution in [0.3, 0.4) is 0 Å². The largest absolute Gasteiger partial charge is 0.458 e. The van der Waals surface area contributed by atoms with Crippen molar-refractivity contribution in [1.29, 1.82) is 0 Å². The zero-order valence-electron chi connectivity index (χ0n) is 45.7. The number of hydrogen-bond donors (Lipinski definition) is 0. The van der Waals surface area contributed by atoms with E-state index in [1.54, 1.807) is 0 Å². The van der Waals surface area contributed by atoms with Crippen LogP contribution < -0.4 is 20.7 Å². The lowest BCUT2D eigenvalue weighted by Crippen LogP contribution is -2.67. The van der Waals surface area contributed by atoms with Crippen molar-refractivity contribution in [2.75, 3.05) is 6.61 Å². The first-order chi connectivity index (χ1) is 32.8. The maximum atomic E-state index is 13.9. The molecular formula is C62H88O5Si3. The summed E-state index contributed by atoms with van der Waals surface area (Å²) >= 11 is 0. The summed E-state index contributed by atoms with van der Waals surface area (Å²) in [6.07, 6.45) is 13.5. The zero-order chi connectivity index (χ0) is 52.0. The number of esters is 1. The lowest BCUT2D eigenvalue weighted by atomic mass is 9.98. The summed E-state index contributed by atoms with van der Waals surface area (Å²) in [5, 5.41) is 4.67. The molecule has 0 amide bonds. The highest BCUT2D eigenvalue weighted by molar-refractivity contribution is 7.00. The second kappa shape index (κ2) is 25.3. The van der Waals surface area contributed by atoms with Crippen LogP contribution in [0.5, 0.6) is 0 Å². The molecule has 0 radical (unpaired) electrons. The van der Waals surface area contributed by atoms with Crippen molar-refractivity contribution < 1.29 is 22.8 Å². The van der Waals surface area contributed by atoms with E-state index in [1.807, 2.05) is 25.2 Å². The third kappa shape index (κ3) is 14.6. The van der Waals surface area contributed by atoms with Crippen molar-refractivity contribution >= 4 is 51.7 Å². The van der Waals surface area contributed by atoms with Gasteiger partial charge < -0.3 is 18.0 Å². The third-order valence-electron chi connectivity index (χ3n) is 14.3. The van der Waals surface area contributed by atoms with Crippen LogP contribution in [0, 0.1) is 11.8 Å². The van der Waals surface area contributed by atoms with Gasteiger partial charge >= 0.3 is 5.97 Å². The topological polar surface area (TPSA) is 54.0 Å². The number of rotatable bonds is 24. The molecule has 0 spiro atoms. The van der Waals surface area contributed by atoms with Gasteiger partial charge in [0.25, 0.3) is 16.6 Å². The first-order valence-corrected chi connectivity index (χ1v) is 32.3. The van der Waals surface area contributed by atoms with Gasteiger partial charge in [0, 0.05) is 24.5 Å². The number of carbonyl (C=O) groups excluding carboxylic acids is 1. The fourth-order valence-corrected chi connectivity index (χ4v) is 20.0. The predicted octanol–water partition coefficient (Wildman–Crippen LogP) is 14.1. The Bertz CT molecular complexity index is 2260. The third-order valence-corrected chi connectivity index (χ3v) is 28.9. The molecule has 4 aromatic carbocycles. The smallest absolute Gasteiger partial charge is 0.334 e. The lowest BCUT2D eigenvalue weighted by Gasteiger charge is -2.45. The molecule has 0 aliphatic rings. The molecule has 0 saturated heterocycles. The molecule has 0 bridgehead atoms. The molecule has 378 valence electrons. The molecule has 4 rings (SSSR count). The average molecular weight is 998 g/mol. The van der Waals surface area contributed by atoms with Gasteiger partial charge in [-0.1, -0.05) is 233 Å². The molecule has 70 heavy (non-hydrogen) atoms. The van der Waals surface area contributed by atoms with E-state index >= 15 is 0 Å². The van der Waals surface area contributed by atoms with Crippen molar-refractivity contribution in [2.24, 2.45) is 11.8 Å². The molecule has 0 unspecified atom stereocenters. The normalized spacial score (nSPS) is 15.8. The Balaban J connectivity index is 1.59. The maximum Gasteiger partial charge on any atom is 0.334 e. The van der Waals surface area contributed by atoms with Crippen LogP contribution in [-0.4, -0.2) is 55.8 Å². The summed E-state index contributed by atoms with van der Waals surface area (Å²) in [4.78, 5) is 13.9. The van der Waals surface area contributed by atoms with E-state index in [0.717, 1.165) is 12.0 Å². The Hall–Kier alpha value is -4.42. The molecule has 0 fully saturated rings. The standard InChI is InChI=1S/C62H88O5Si3/c1-18-32-52(66-70(62(13,14)15,55-38-28-22-29-39-55)56-40-30-23-31-41-56)42-43-58(67-68(16,17)60(7,8)9)50(5)46-48(3)47-51(6)59(63)65-57(33-19-2)49(4)44-45-64-69(61(10,11)12,53-34-24-20-25-35-53)54-36-26-21-27-37-54/h18-31,34-43,46-47,49-50,52,57-58H,1-2,32-33,44-45H2,3-17H3/b43-42+,48-46+,51-47+/t49-,50+,52+,57-,58+/m0/s1. The van der Waals surface area contributed by atoms with Crippen LogP contribution >= 0.6 is 0 Å². The van der Waals surface area contributed by atoms with E-state index in [2.05, 4.69) is 249 Å². The van der Waals surface area contributed by atoms with Gasteiger partial charge in [0.05, 0.1) is 12.2 Å². The van der Waals surface area contributed by atoms with E-state index in [9.17, 15) is 4.79 Å². The van der Waals surface area contributed by atoms with Crippen LogP contribution in [0.25, 0.3) is 0 Å². The second-order valence-corrected chi connectivity index (χ2v) is 36.2. The van der Waals surface area contributed by atoms with Gasteiger partial charge in [0.1, 0.15) is 6.10 Å². The van der Waals surface area contributed by atoms with Gasteiger partial charge in [0.2, 0.25) is 0 Å². The first kappa shape index (κ1) is 58.2. The van der Waals surface area contributed by atoms with Crippen molar-refractivity contribution in [2.45, 2.75) is 156 Å². The molecule has 0 saturated carbocycles. The predicted molar refractivity (Wildman–Crippen MR) is 307 cm³/mol. The van der Waals surface area contributed by atoms with Crippen LogP contribution in [-0.2, 0) is 22.8 Å². The molecule has 8 heteroatoms. The summed E-state index contributed by atoms with van der Waals surface area (Å²) in [6, 6.07) is 43.0. The Kier molecular flexibility index (Phi) is 21.0. The summed E-state index contributed by atoms with van der Waals surface area (Å²) in [5.74, 6) is -0.310. The SMILES string of the molecule is C=CC[C@H](OC(=O)/C(C)=C/C(C)=C/[C@@H](C)[C@@H](/C=C/[C@@H](CC=C)O[Si](c1ccccc1)(c1ccccc1)C(C)(C)C)O[Si](C)(C)C(C)(C)C)[C@@H](C)CCO[Si](c1ccccc1)(c1ccccc1)C(C)(C)C. The van der Waals surface area contributed by atoms with E-state index in [4.69, 9.17) is 18.0 Å². The summed E-state index contributed by atoms with van der Waals surface area (Å²) in [6.45, 7) is 42.3. The summed E-state index contributed by atoms with van der Waals surface area (Å²) < 4.78 is 28.4. The lowest BCUT2D eigenvalue weighted by molar-refractivity contribution is -0.146. The average Bonchev–Trinajstić information content (AvgIpc) is 3.30. The van der Waals surface area contributed by atoms with Gasteiger partial charge in [-0.2, -0.15) is 0 Å². The highest BCUT2D eigenvalue weighted by atomic mass is 28.4. The number of ether oxygens (including phenoxy) is 1. The highest BCUT2D eigenvalue weighted by Gasteiger charge is 2.52. The van der Waals surface area contributed by atoms with Crippen molar-refractivity contribution in [3.05, 3.63) is 182 Å². The monoisotopic (exact) mass is 997 g/mol. The Morgan fingerprint density at radius 1 is 0.600 bits per heavy atom. The molecule has 0 aromatic heterocycles. The van der Waals surface area contributed by atoms with Crippen LogP contribution in [0.2, 0.25) is 28.2 Å². The highest BCUT2D eigenvalue weighted by Crippen LogP contribution is 2.41. The van der Waals surface area contributed by atoms with E-state index in [0.29, 0.717) is 25.0 Å². The molecule has 0 heterocycles. The van der Waals surface area contributed by atoms with E-state index in [-0.39, 0.29) is 51.2 Å². The maximum absolute atomic E-state index is 13.9. The zero-order valence-corrected chi connectivity index (χ0v) is 48.7. The fraction of sp³-hybridized carbons (Fsp3) is 0.435. The number of carbonyl (C=O) groups is 1. The molecule has 0 aliphatic carbocycles. The Morgan fingerprint density at radius 2 is 1.03 bits per heavy atom. The molecule has 4 aromatic rings. The molecule has 5 nitrogen and oxygen atoms in total. The molecule has 5 atom stereocenters. The fourth-order valence-electron chi connectivity index (χ4n) is 9.42. The summed E-state index contributed by atoms with van der Waals surface area (Å²) in [5.41, 5.74) is 1.52. The van der Waals surface area contributed by atoms with Gasteiger partial charge in [-0.15, -0.1) is 13.2 Å². The number of allylic oxidation sites excluding steroid dienone is 2. The molecule has 0 N–H and O–H groups in total. The Labute approximate surface area is 428 Å². The van der Waals surface area contributed by atoms with Gasteiger partial charge in [0.15, 0.2) is 8.32 Å². The van der Waals surface area contributed by atoms with E-state index in [1.165, 1.54) is 20.7 Å². The van der Waals surface area contributed by atoms with Crippen LogP contribution in [0.4, 0.5) is 0 Å². The van der Waals surface area contributed by atoms with Crippen molar-refractivity contribution in [3.8, 4) is 0 Å². The van der Waals surface area contributed by atoms with Crippen LogP contribution in [0.1, 0.15) is 109 Å². The number of hydrogen-bond acceptors (Lipinski definition) is 5. The van der Waals surface area contributed by atoms with Gasteiger partial charge in [-0.3, -0.25) is 0 Å². The van der Waals surface area contributed by atoms with Gasteiger partial charge in [-0.25, -0.2) is 4.79 Å². The molecule has 0 aliphatic heterocycles. The van der Waals surface area contributed by atoms with Crippen molar-refractivity contribution in [3.63, 3.8) is 0 Å². The second-order valence-electron chi connectivity index (χ2n) is 22.9.